The van der Waals surface area contributed by atoms with Gasteiger partial charge in [-0.1, -0.05) is 0 Å². The van der Waals surface area contributed by atoms with E-state index in [0.29, 0.717) is 0 Å². The third-order valence-corrected chi connectivity index (χ3v) is 3.16. The molecule has 4 atom stereocenters. The number of aliphatic hydroxyl groups is 3. The monoisotopic (exact) mass is 340 g/mol. The summed E-state index contributed by atoms with van der Waals surface area (Å²) in [7, 11) is 0. The van der Waals surface area contributed by atoms with E-state index in [0.717, 1.165) is 0 Å². The van der Waals surface area contributed by atoms with Gasteiger partial charge in [0, 0.05) is 0 Å². The van der Waals surface area contributed by atoms with Gasteiger partial charge in [0.1, 0.15) is 18.3 Å². The van der Waals surface area contributed by atoms with Crippen LogP contribution in [0.15, 0.2) is 17.4 Å². The van der Waals surface area contributed by atoms with E-state index < -0.39 is 36.7 Å². The molecule has 0 saturated carbocycles. The van der Waals surface area contributed by atoms with Gasteiger partial charge in [-0.2, -0.15) is 0 Å². The highest BCUT2D eigenvalue weighted by molar-refractivity contribution is 5.68. The SMILES string of the molecule is O.O.O.O.O=c1[nH]cnc2c1ncn2[C@@H]1O[C@H](CO)[C@@H](O)[C@H]1O. The van der Waals surface area contributed by atoms with Crippen LogP contribution < -0.4 is 5.56 Å². The minimum absolute atomic E-state index is 0. The summed E-state index contributed by atoms with van der Waals surface area (Å²) >= 11 is 0. The predicted octanol–water partition coefficient (Wildman–Crippen LogP) is -5.57. The van der Waals surface area contributed by atoms with E-state index in [-0.39, 0.29) is 33.1 Å². The number of imidazole rings is 1. The average Bonchev–Trinajstić information content (AvgIpc) is 2.94. The molecule has 0 spiro atoms. The van der Waals surface area contributed by atoms with Crippen LogP contribution in [-0.2, 0) is 4.74 Å². The van der Waals surface area contributed by atoms with Crippen LogP contribution in [0.1, 0.15) is 6.23 Å². The van der Waals surface area contributed by atoms with Gasteiger partial charge >= 0.3 is 0 Å². The molecule has 1 aliphatic heterocycles. The van der Waals surface area contributed by atoms with Crippen molar-refractivity contribution in [2.24, 2.45) is 0 Å². The number of rotatable bonds is 2. The fourth-order valence-electron chi connectivity index (χ4n) is 2.16. The Bertz CT molecular complexity index is 659. The second-order valence-electron chi connectivity index (χ2n) is 4.28. The number of aromatic amines is 1. The molecule has 3 rings (SSSR count). The van der Waals surface area contributed by atoms with Crippen LogP contribution in [0.4, 0.5) is 0 Å². The Morgan fingerprint density at radius 2 is 1.83 bits per heavy atom. The van der Waals surface area contributed by atoms with Crippen LogP contribution in [0.25, 0.3) is 11.2 Å². The van der Waals surface area contributed by atoms with Gasteiger partial charge < -0.3 is 46.9 Å². The van der Waals surface area contributed by atoms with E-state index in [4.69, 9.17) is 9.84 Å². The molecular formula is C10H20N4O9. The lowest BCUT2D eigenvalue weighted by atomic mass is 10.1. The average molecular weight is 340 g/mol. The molecule has 0 aromatic carbocycles. The lowest BCUT2D eigenvalue weighted by Gasteiger charge is -2.16. The normalized spacial score (nSPS) is 25.7. The number of aliphatic hydroxyl groups excluding tert-OH is 3. The first-order valence-electron chi connectivity index (χ1n) is 5.66. The molecule has 1 saturated heterocycles. The highest BCUT2D eigenvalue weighted by atomic mass is 16.6. The van der Waals surface area contributed by atoms with Crippen molar-refractivity contribution in [3.63, 3.8) is 0 Å². The molecule has 134 valence electrons. The maximum absolute atomic E-state index is 11.5. The number of fused-ring (bicyclic) bond motifs is 1. The lowest BCUT2D eigenvalue weighted by molar-refractivity contribution is -0.0511. The van der Waals surface area contributed by atoms with E-state index in [1.54, 1.807) is 0 Å². The molecule has 0 amide bonds. The molecule has 13 nitrogen and oxygen atoms in total. The lowest BCUT2D eigenvalue weighted by Crippen LogP contribution is -2.33. The summed E-state index contributed by atoms with van der Waals surface area (Å²) in [6.45, 7) is -0.421. The van der Waals surface area contributed by atoms with Crippen LogP contribution in [0, 0.1) is 0 Å². The molecule has 3 heterocycles. The van der Waals surface area contributed by atoms with E-state index in [1.807, 2.05) is 0 Å². The zero-order chi connectivity index (χ0) is 13.6. The van der Waals surface area contributed by atoms with Crippen molar-refractivity contribution in [1.29, 1.82) is 0 Å². The van der Waals surface area contributed by atoms with Crippen molar-refractivity contribution < 1.29 is 42.0 Å². The number of ether oxygens (including phenoxy) is 1. The molecule has 1 fully saturated rings. The molecule has 2 aromatic rings. The Hall–Kier alpha value is -1.97. The first-order valence-corrected chi connectivity index (χ1v) is 5.66. The topological polar surface area (TPSA) is 259 Å². The molecule has 23 heavy (non-hydrogen) atoms. The largest absolute Gasteiger partial charge is 0.412 e. The van der Waals surface area contributed by atoms with Gasteiger partial charge in [-0.25, -0.2) is 9.97 Å². The van der Waals surface area contributed by atoms with Crippen molar-refractivity contribution >= 4 is 11.2 Å². The summed E-state index contributed by atoms with van der Waals surface area (Å²) in [5.41, 5.74) is -0.0608. The molecule has 1 aliphatic rings. The van der Waals surface area contributed by atoms with Gasteiger partial charge in [0.2, 0.25) is 0 Å². The second kappa shape index (κ2) is 8.61. The first kappa shape index (κ1) is 23.3. The van der Waals surface area contributed by atoms with Crippen molar-refractivity contribution in [2.75, 3.05) is 6.61 Å². The van der Waals surface area contributed by atoms with Crippen LogP contribution in [0.5, 0.6) is 0 Å². The van der Waals surface area contributed by atoms with Gasteiger partial charge in [0.05, 0.1) is 19.3 Å². The molecule has 13 heteroatoms. The summed E-state index contributed by atoms with van der Waals surface area (Å²) < 4.78 is 6.70. The molecule has 0 unspecified atom stereocenters. The van der Waals surface area contributed by atoms with E-state index in [1.165, 1.54) is 17.2 Å². The van der Waals surface area contributed by atoms with Gasteiger partial charge in [-0.15, -0.1) is 0 Å². The van der Waals surface area contributed by atoms with E-state index in [2.05, 4.69) is 15.0 Å². The minimum Gasteiger partial charge on any atom is -0.412 e. The predicted molar refractivity (Wildman–Crippen MR) is 75.6 cm³/mol. The maximum atomic E-state index is 11.5. The van der Waals surface area contributed by atoms with Gasteiger partial charge in [0.15, 0.2) is 17.4 Å². The number of aromatic nitrogens is 4. The quantitative estimate of drug-likeness (QED) is 0.411. The first-order chi connectivity index (χ1) is 9.13. The summed E-state index contributed by atoms with van der Waals surface area (Å²) in [6.07, 6.45) is -1.78. The number of nitrogens with zero attached hydrogens (tertiary/aromatic N) is 3. The van der Waals surface area contributed by atoms with E-state index >= 15 is 0 Å². The fourth-order valence-corrected chi connectivity index (χ4v) is 2.16. The van der Waals surface area contributed by atoms with Crippen LogP contribution in [-0.4, -0.2) is 81.7 Å². The Morgan fingerprint density at radius 3 is 2.39 bits per heavy atom. The Balaban J connectivity index is 0. The Labute approximate surface area is 128 Å². The molecular weight excluding hydrogens is 320 g/mol. The molecule has 0 aliphatic carbocycles. The molecule has 12 N–H and O–H groups in total. The smallest absolute Gasteiger partial charge is 0.278 e. The van der Waals surface area contributed by atoms with Crippen molar-refractivity contribution in [3.05, 3.63) is 23.0 Å². The van der Waals surface area contributed by atoms with Crippen molar-refractivity contribution in [2.45, 2.75) is 24.5 Å². The third-order valence-electron chi connectivity index (χ3n) is 3.16. The molecule has 0 radical (unpaired) electrons. The van der Waals surface area contributed by atoms with Crippen molar-refractivity contribution in [3.8, 4) is 0 Å². The fraction of sp³-hybridized carbons (Fsp3) is 0.500. The number of H-pyrrole nitrogens is 1. The highest BCUT2D eigenvalue weighted by Crippen LogP contribution is 2.30. The minimum atomic E-state index is -1.24. The molecule has 2 aromatic heterocycles. The van der Waals surface area contributed by atoms with Gasteiger partial charge in [0.25, 0.3) is 5.56 Å². The van der Waals surface area contributed by atoms with Crippen molar-refractivity contribution in [1.82, 2.24) is 19.5 Å². The van der Waals surface area contributed by atoms with Crippen LogP contribution >= 0.6 is 0 Å². The van der Waals surface area contributed by atoms with E-state index in [9.17, 15) is 15.0 Å². The second-order valence-corrected chi connectivity index (χ2v) is 4.28. The number of nitrogens with one attached hydrogen (secondary N) is 1. The summed E-state index contributed by atoms with van der Waals surface area (Å²) in [6, 6.07) is 0. The Morgan fingerprint density at radius 1 is 1.17 bits per heavy atom. The third kappa shape index (κ3) is 3.52. The van der Waals surface area contributed by atoms with Crippen LogP contribution in [0.2, 0.25) is 0 Å². The zero-order valence-electron chi connectivity index (χ0n) is 11.7. The number of hydrogen-bond donors (Lipinski definition) is 4. The van der Waals surface area contributed by atoms with Gasteiger partial charge in [-0.05, 0) is 0 Å². The summed E-state index contributed by atoms with van der Waals surface area (Å²) in [4.78, 5) is 21.8. The highest BCUT2D eigenvalue weighted by Gasteiger charge is 2.43. The standard InChI is InChI=1S/C10H12N4O5.4H2O/c15-1-4-6(16)7(17)10(19-4)14-3-13-5-8(14)11-2-12-9(5)18;;;;/h2-4,6-7,10,15-17H,1H2,(H,11,12,18);4*1H2/t4-,6-,7-,10-;;;;/m1..../s1. The summed E-state index contributed by atoms with van der Waals surface area (Å²) in [5, 5.41) is 28.6. The summed E-state index contributed by atoms with van der Waals surface area (Å²) in [5.74, 6) is 0. The van der Waals surface area contributed by atoms with Crippen LogP contribution in [0.3, 0.4) is 0 Å². The number of hydrogen-bond acceptors (Lipinski definition) is 7. The maximum Gasteiger partial charge on any atom is 0.278 e. The van der Waals surface area contributed by atoms with Gasteiger partial charge in [-0.3, -0.25) is 9.36 Å². The zero-order valence-corrected chi connectivity index (χ0v) is 11.7. The Kier molecular flexibility index (Phi) is 8.72. The molecule has 0 bridgehead atoms.